The summed E-state index contributed by atoms with van der Waals surface area (Å²) in [5, 5.41) is 6.12. The number of fused-ring (bicyclic) bond motifs is 3. The number of hydrogen-bond acceptors (Lipinski definition) is 9. The molecule has 6 rings (SSSR count). The number of carbonyl (C=O) groups is 2. The van der Waals surface area contributed by atoms with E-state index in [2.05, 4.69) is 20.6 Å². The van der Waals surface area contributed by atoms with Gasteiger partial charge >= 0.3 is 0 Å². The van der Waals surface area contributed by atoms with Gasteiger partial charge in [0.1, 0.15) is 48.5 Å². The number of amides is 2. The lowest BCUT2D eigenvalue weighted by molar-refractivity contribution is -0.142. The Labute approximate surface area is 246 Å². The highest BCUT2D eigenvalue weighted by Crippen LogP contribution is 2.48. The van der Waals surface area contributed by atoms with E-state index in [1.165, 1.54) is 30.6 Å². The normalized spacial score (nSPS) is 14.8. The van der Waals surface area contributed by atoms with Crippen molar-refractivity contribution >= 4 is 34.1 Å². The van der Waals surface area contributed by atoms with E-state index < -0.39 is 23.0 Å². The number of rotatable bonds is 10. The van der Waals surface area contributed by atoms with Gasteiger partial charge in [-0.1, -0.05) is 6.42 Å². The molecule has 0 bridgehead atoms. The summed E-state index contributed by atoms with van der Waals surface area (Å²) >= 11 is 0. The van der Waals surface area contributed by atoms with Crippen LogP contribution in [0, 0.1) is 11.2 Å². The van der Waals surface area contributed by atoms with E-state index in [4.69, 9.17) is 23.7 Å². The van der Waals surface area contributed by atoms with E-state index in [1.807, 2.05) is 0 Å². The van der Waals surface area contributed by atoms with Crippen LogP contribution >= 0.6 is 0 Å². The summed E-state index contributed by atoms with van der Waals surface area (Å²) < 4.78 is 42.1. The van der Waals surface area contributed by atoms with Gasteiger partial charge in [0, 0.05) is 24.6 Å². The lowest BCUT2D eigenvalue weighted by atomic mass is 9.67. The molecular weight excluding hydrogens is 559 g/mol. The molecule has 12 heteroatoms. The molecule has 2 aliphatic rings. The lowest BCUT2D eigenvalue weighted by Gasteiger charge is -2.38. The second-order valence-corrected chi connectivity index (χ2v) is 10.1. The van der Waals surface area contributed by atoms with Gasteiger partial charge < -0.3 is 34.3 Å². The topological polar surface area (TPSA) is 130 Å². The van der Waals surface area contributed by atoms with Gasteiger partial charge in [-0.15, -0.1) is 0 Å². The van der Waals surface area contributed by atoms with E-state index in [-0.39, 0.29) is 5.88 Å². The number of benzene rings is 3. The minimum Gasteiger partial charge on any atom is -0.487 e. The highest BCUT2D eigenvalue weighted by molar-refractivity contribution is 6.15. The predicted octanol–water partition coefficient (Wildman–Crippen LogP) is 5.11. The summed E-state index contributed by atoms with van der Waals surface area (Å²) in [4.78, 5) is 35.0. The molecule has 2 amide bonds. The van der Waals surface area contributed by atoms with Crippen molar-refractivity contribution in [1.29, 1.82) is 0 Å². The minimum absolute atomic E-state index is 0.262. The highest BCUT2D eigenvalue weighted by atomic mass is 19.1. The van der Waals surface area contributed by atoms with Gasteiger partial charge in [0.2, 0.25) is 23.4 Å². The Bertz CT molecular complexity index is 1640. The first-order chi connectivity index (χ1) is 21.0. The molecule has 2 heterocycles. The van der Waals surface area contributed by atoms with Crippen LogP contribution in [0.2, 0.25) is 0 Å². The van der Waals surface area contributed by atoms with Crippen molar-refractivity contribution in [3.8, 4) is 28.9 Å². The predicted molar refractivity (Wildman–Crippen MR) is 154 cm³/mol. The molecule has 43 heavy (non-hydrogen) atoms. The fourth-order valence-corrected chi connectivity index (χ4v) is 4.94. The summed E-state index contributed by atoms with van der Waals surface area (Å²) in [5.74, 6) is 0.852. The third-order valence-electron chi connectivity index (χ3n) is 7.39. The number of hydrogen-bond donors (Lipinski definition) is 2. The summed E-state index contributed by atoms with van der Waals surface area (Å²) in [7, 11) is 1.59. The van der Waals surface area contributed by atoms with Gasteiger partial charge in [0.25, 0.3) is 0 Å². The molecule has 3 aromatic carbocycles. The molecule has 11 nitrogen and oxygen atoms in total. The van der Waals surface area contributed by atoms with Crippen molar-refractivity contribution < 1.29 is 37.7 Å². The van der Waals surface area contributed by atoms with Crippen LogP contribution in [0.25, 0.3) is 10.9 Å². The van der Waals surface area contributed by atoms with Gasteiger partial charge in [-0.05, 0) is 61.4 Å². The molecule has 1 saturated carbocycles. The van der Waals surface area contributed by atoms with Crippen LogP contribution in [0.5, 0.6) is 28.9 Å². The largest absolute Gasteiger partial charge is 0.487 e. The standard InChI is InChI=1S/C31H29FN4O7/c1-39-13-14-40-24-17-23-25(27-26(24)41-15-16-42-27)28(34-18-33-23)43-22-9-7-21(8-10-22)36-30(38)31(11-2-12-31)29(37)35-20-5-3-19(32)4-6-20/h3-10,17-18H,2,11-16H2,1H3,(H,35,37)(H,36,38). The fourth-order valence-electron chi connectivity index (χ4n) is 4.94. The summed E-state index contributed by atoms with van der Waals surface area (Å²) in [5.41, 5.74) is 0.279. The fraction of sp³-hybridized carbons (Fsp3) is 0.290. The summed E-state index contributed by atoms with van der Waals surface area (Å²) in [6.45, 7) is 1.45. The number of carbonyl (C=O) groups excluding carboxylic acids is 2. The molecule has 1 aromatic heterocycles. The zero-order valence-corrected chi connectivity index (χ0v) is 23.4. The number of nitrogens with one attached hydrogen (secondary N) is 2. The number of ether oxygens (including phenoxy) is 5. The first-order valence-corrected chi connectivity index (χ1v) is 13.8. The van der Waals surface area contributed by atoms with Crippen LogP contribution in [-0.2, 0) is 14.3 Å². The Morgan fingerprint density at radius 3 is 2.19 bits per heavy atom. The second-order valence-electron chi connectivity index (χ2n) is 10.1. The van der Waals surface area contributed by atoms with Gasteiger partial charge in [0.15, 0.2) is 11.5 Å². The molecule has 4 aromatic rings. The van der Waals surface area contributed by atoms with Crippen LogP contribution in [0.3, 0.4) is 0 Å². The Morgan fingerprint density at radius 2 is 1.56 bits per heavy atom. The van der Waals surface area contributed by atoms with Crippen molar-refractivity contribution in [1.82, 2.24) is 9.97 Å². The quantitative estimate of drug-likeness (QED) is 0.192. The van der Waals surface area contributed by atoms with Crippen molar-refractivity contribution in [2.24, 2.45) is 5.41 Å². The molecule has 1 fully saturated rings. The van der Waals surface area contributed by atoms with E-state index in [1.54, 1.807) is 37.4 Å². The van der Waals surface area contributed by atoms with E-state index >= 15 is 0 Å². The Balaban J connectivity index is 1.18. The Kier molecular flexibility index (Phi) is 7.93. The molecule has 0 radical (unpaired) electrons. The maximum atomic E-state index is 13.2. The number of anilines is 2. The molecule has 222 valence electrons. The van der Waals surface area contributed by atoms with Gasteiger partial charge in [-0.2, -0.15) is 0 Å². The van der Waals surface area contributed by atoms with E-state index in [0.717, 1.165) is 6.42 Å². The van der Waals surface area contributed by atoms with Crippen LogP contribution in [0.1, 0.15) is 19.3 Å². The number of methoxy groups -OCH3 is 1. The molecule has 0 unspecified atom stereocenters. The highest BCUT2D eigenvalue weighted by Gasteiger charge is 2.50. The zero-order valence-electron chi connectivity index (χ0n) is 23.4. The second kappa shape index (κ2) is 12.1. The van der Waals surface area contributed by atoms with Gasteiger partial charge in [0.05, 0.1) is 12.1 Å². The first kappa shape index (κ1) is 28.2. The molecule has 1 aliphatic carbocycles. The average molecular weight is 589 g/mol. The van der Waals surface area contributed by atoms with E-state index in [9.17, 15) is 14.0 Å². The zero-order chi connectivity index (χ0) is 29.8. The molecule has 0 saturated heterocycles. The summed E-state index contributed by atoms with van der Waals surface area (Å²) in [6.07, 6.45) is 2.98. The van der Waals surface area contributed by atoms with Gasteiger partial charge in [-0.25, -0.2) is 14.4 Å². The van der Waals surface area contributed by atoms with Gasteiger partial charge in [-0.3, -0.25) is 9.59 Å². The average Bonchev–Trinajstić information content (AvgIpc) is 2.99. The number of halogens is 1. The van der Waals surface area contributed by atoms with E-state index in [0.29, 0.717) is 84.5 Å². The lowest BCUT2D eigenvalue weighted by Crippen LogP contribution is -2.50. The van der Waals surface area contributed by atoms with Crippen molar-refractivity contribution in [2.45, 2.75) is 19.3 Å². The maximum Gasteiger partial charge on any atom is 0.240 e. The SMILES string of the molecule is COCCOc1cc2ncnc(Oc3ccc(NC(=O)C4(C(=O)Nc5ccc(F)cc5)CCC4)cc3)c2c2c1OCCO2. The van der Waals surface area contributed by atoms with Crippen LogP contribution in [0.4, 0.5) is 15.8 Å². The van der Waals surface area contributed by atoms with Crippen LogP contribution in [0.15, 0.2) is 60.9 Å². The van der Waals surface area contributed by atoms with Crippen LogP contribution < -0.4 is 29.6 Å². The first-order valence-electron chi connectivity index (χ1n) is 13.8. The smallest absolute Gasteiger partial charge is 0.240 e. The number of nitrogens with zero attached hydrogens (tertiary/aromatic N) is 2. The monoisotopic (exact) mass is 588 g/mol. The Hall–Kier alpha value is -4.97. The minimum atomic E-state index is -1.20. The van der Waals surface area contributed by atoms with Crippen molar-refractivity contribution in [3.05, 3.63) is 66.7 Å². The molecule has 0 spiro atoms. The van der Waals surface area contributed by atoms with Crippen molar-refractivity contribution in [3.63, 3.8) is 0 Å². The third kappa shape index (κ3) is 5.73. The Morgan fingerprint density at radius 1 is 0.907 bits per heavy atom. The summed E-state index contributed by atoms with van der Waals surface area (Å²) in [6, 6.07) is 13.9. The molecular formula is C31H29FN4O7. The molecule has 1 aliphatic heterocycles. The molecule has 2 N–H and O–H groups in total. The number of aromatic nitrogens is 2. The third-order valence-corrected chi connectivity index (χ3v) is 7.39. The maximum absolute atomic E-state index is 13.2. The van der Waals surface area contributed by atoms with Crippen molar-refractivity contribution in [2.75, 3.05) is 44.2 Å². The van der Waals surface area contributed by atoms with Crippen LogP contribution in [-0.4, -0.2) is 55.3 Å². The molecule has 0 atom stereocenters.